The van der Waals surface area contributed by atoms with Gasteiger partial charge in [-0.2, -0.15) is 11.3 Å². The molecule has 0 aliphatic carbocycles. The molecule has 0 fully saturated rings. The first-order chi connectivity index (χ1) is 9.25. The Morgan fingerprint density at radius 2 is 2.32 bits per heavy atom. The van der Waals surface area contributed by atoms with E-state index in [0.29, 0.717) is 0 Å². The van der Waals surface area contributed by atoms with Crippen molar-refractivity contribution in [2.45, 2.75) is 19.5 Å². The Bertz CT molecular complexity index is 597. The van der Waals surface area contributed by atoms with E-state index in [1.807, 2.05) is 33.9 Å². The standard InChI is InChI=1S/C15H16N2OS/c1-12-14-3-2-7-16(14)8-9-17(12)15(18)5-4-13-6-10-19-11-13/h2-7,10-12H,8-9H2,1H3/b5-4-/t12-/m1/s1. The van der Waals surface area contributed by atoms with Crippen LogP contribution in [0.2, 0.25) is 0 Å². The van der Waals surface area contributed by atoms with Gasteiger partial charge in [-0.05, 0) is 47.5 Å². The zero-order valence-electron chi connectivity index (χ0n) is 10.8. The highest BCUT2D eigenvalue weighted by molar-refractivity contribution is 7.08. The number of hydrogen-bond donors (Lipinski definition) is 0. The quantitative estimate of drug-likeness (QED) is 0.771. The van der Waals surface area contributed by atoms with Gasteiger partial charge in [0.1, 0.15) is 0 Å². The summed E-state index contributed by atoms with van der Waals surface area (Å²) in [5, 5.41) is 4.05. The molecule has 0 spiro atoms. The van der Waals surface area contributed by atoms with Crippen LogP contribution in [0, 0.1) is 0 Å². The van der Waals surface area contributed by atoms with E-state index in [2.05, 4.69) is 23.8 Å². The molecule has 3 heterocycles. The molecule has 4 heteroatoms. The maximum atomic E-state index is 12.3. The maximum Gasteiger partial charge on any atom is 0.247 e. The number of carbonyl (C=O) groups excluding carboxylic acids is 1. The molecule has 0 aromatic carbocycles. The van der Waals surface area contributed by atoms with Crippen LogP contribution in [0.4, 0.5) is 0 Å². The topological polar surface area (TPSA) is 25.2 Å². The third-order valence-electron chi connectivity index (χ3n) is 3.59. The van der Waals surface area contributed by atoms with Crippen LogP contribution >= 0.6 is 11.3 Å². The molecule has 0 N–H and O–H groups in total. The molecule has 19 heavy (non-hydrogen) atoms. The summed E-state index contributed by atoms with van der Waals surface area (Å²) >= 11 is 1.64. The highest BCUT2D eigenvalue weighted by Crippen LogP contribution is 2.25. The molecule has 2 aromatic rings. The van der Waals surface area contributed by atoms with Gasteiger partial charge < -0.3 is 9.47 Å². The van der Waals surface area contributed by atoms with Crippen molar-refractivity contribution >= 4 is 23.3 Å². The third kappa shape index (κ3) is 2.36. The number of rotatable bonds is 2. The molecule has 0 saturated heterocycles. The van der Waals surface area contributed by atoms with Crippen molar-refractivity contribution in [3.63, 3.8) is 0 Å². The fraction of sp³-hybridized carbons (Fsp3) is 0.267. The van der Waals surface area contributed by atoms with E-state index >= 15 is 0 Å². The second kappa shape index (κ2) is 5.05. The Morgan fingerprint density at radius 1 is 1.42 bits per heavy atom. The van der Waals surface area contributed by atoms with Crippen molar-refractivity contribution in [2.75, 3.05) is 6.54 Å². The van der Waals surface area contributed by atoms with Crippen LogP contribution in [0.3, 0.4) is 0 Å². The Hall–Kier alpha value is -1.81. The van der Waals surface area contributed by atoms with E-state index in [4.69, 9.17) is 0 Å². The smallest absolute Gasteiger partial charge is 0.247 e. The van der Waals surface area contributed by atoms with E-state index in [0.717, 1.165) is 18.7 Å². The van der Waals surface area contributed by atoms with Gasteiger partial charge in [-0.25, -0.2) is 0 Å². The van der Waals surface area contributed by atoms with Crippen LogP contribution in [0.5, 0.6) is 0 Å². The lowest BCUT2D eigenvalue weighted by atomic mass is 10.1. The number of carbonyl (C=O) groups is 1. The predicted octanol–water partition coefficient (Wildman–Crippen LogP) is 3.17. The first-order valence-corrected chi connectivity index (χ1v) is 7.36. The van der Waals surface area contributed by atoms with Crippen LogP contribution in [0.25, 0.3) is 6.08 Å². The van der Waals surface area contributed by atoms with E-state index in [1.165, 1.54) is 5.69 Å². The molecule has 3 rings (SSSR count). The minimum Gasteiger partial charge on any atom is -0.348 e. The monoisotopic (exact) mass is 272 g/mol. The van der Waals surface area contributed by atoms with E-state index in [1.54, 1.807) is 17.4 Å². The lowest BCUT2D eigenvalue weighted by Crippen LogP contribution is -2.39. The zero-order chi connectivity index (χ0) is 13.2. The van der Waals surface area contributed by atoms with Gasteiger partial charge in [-0.15, -0.1) is 0 Å². The van der Waals surface area contributed by atoms with Gasteiger partial charge in [-0.1, -0.05) is 0 Å². The molecule has 98 valence electrons. The first kappa shape index (κ1) is 12.2. The third-order valence-corrected chi connectivity index (χ3v) is 4.29. The average Bonchev–Trinajstić information content (AvgIpc) is 3.07. The molecular weight excluding hydrogens is 256 g/mol. The van der Waals surface area contributed by atoms with Gasteiger partial charge in [0.05, 0.1) is 6.04 Å². The largest absolute Gasteiger partial charge is 0.348 e. The summed E-state index contributed by atoms with van der Waals surface area (Å²) in [4.78, 5) is 14.2. The summed E-state index contributed by atoms with van der Waals surface area (Å²) < 4.78 is 2.22. The summed E-state index contributed by atoms with van der Waals surface area (Å²) in [6, 6.07) is 6.29. The second-order valence-electron chi connectivity index (χ2n) is 4.72. The van der Waals surface area contributed by atoms with Gasteiger partial charge in [0.2, 0.25) is 5.91 Å². The molecular formula is C15H16N2OS. The highest BCUT2D eigenvalue weighted by atomic mass is 32.1. The Labute approximate surface area is 116 Å². The van der Waals surface area contributed by atoms with Crippen LogP contribution in [0.1, 0.15) is 24.2 Å². The fourth-order valence-corrected chi connectivity index (χ4v) is 3.14. The lowest BCUT2D eigenvalue weighted by Gasteiger charge is -2.34. The van der Waals surface area contributed by atoms with Crippen LogP contribution in [0.15, 0.2) is 41.2 Å². The molecule has 1 aliphatic heterocycles. The lowest BCUT2D eigenvalue weighted by molar-refractivity contribution is -0.129. The molecule has 0 unspecified atom stereocenters. The highest BCUT2D eigenvalue weighted by Gasteiger charge is 2.25. The number of hydrogen-bond acceptors (Lipinski definition) is 2. The van der Waals surface area contributed by atoms with Gasteiger partial charge in [0.25, 0.3) is 0 Å². The van der Waals surface area contributed by atoms with Gasteiger partial charge in [-0.3, -0.25) is 4.79 Å². The summed E-state index contributed by atoms with van der Waals surface area (Å²) in [6.07, 6.45) is 5.64. The number of nitrogens with zero attached hydrogens (tertiary/aromatic N) is 2. The normalized spacial score (nSPS) is 18.8. The number of aromatic nitrogens is 1. The van der Waals surface area contributed by atoms with Crippen molar-refractivity contribution in [1.29, 1.82) is 0 Å². The zero-order valence-corrected chi connectivity index (χ0v) is 11.6. The predicted molar refractivity (Wildman–Crippen MR) is 77.9 cm³/mol. The van der Waals surface area contributed by atoms with Crippen molar-refractivity contribution in [3.8, 4) is 0 Å². The minimum atomic E-state index is 0.0890. The van der Waals surface area contributed by atoms with Gasteiger partial charge in [0, 0.05) is 31.1 Å². The number of amides is 1. The van der Waals surface area contributed by atoms with Gasteiger partial charge >= 0.3 is 0 Å². The summed E-state index contributed by atoms with van der Waals surface area (Å²) in [5.74, 6) is 0.0890. The van der Waals surface area contributed by atoms with Crippen molar-refractivity contribution < 1.29 is 4.79 Å². The van der Waals surface area contributed by atoms with Crippen molar-refractivity contribution in [3.05, 3.63) is 52.5 Å². The molecule has 1 aliphatic rings. The Morgan fingerprint density at radius 3 is 3.11 bits per heavy atom. The summed E-state index contributed by atoms with van der Waals surface area (Å²) in [5.41, 5.74) is 2.30. The van der Waals surface area contributed by atoms with Gasteiger partial charge in [0.15, 0.2) is 0 Å². The number of thiophene rings is 1. The first-order valence-electron chi connectivity index (χ1n) is 6.41. The van der Waals surface area contributed by atoms with Crippen LogP contribution < -0.4 is 0 Å². The SMILES string of the molecule is C[C@@H]1c2cccn2CCN1C(=O)/C=C\c1ccsc1. The average molecular weight is 272 g/mol. The maximum absolute atomic E-state index is 12.3. The minimum absolute atomic E-state index is 0.0890. The Kier molecular flexibility index (Phi) is 3.25. The Balaban J connectivity index is 1.75. The van der Waals surface area contributed by atoms with E-state index in [9.17, 15) is 4.79 Å². The van der Waals surface area contributed by atoms with Crippen molar-refractivity contribution in [1.82, 2.24) is 9.47 Å². The molecule has 0 radical (unpaired) electrons. The van der Waals surface area contributed by atoms with Crippen LogP contribution in [-0.2, 0) is 11.3 Å². The van der Waals surface area contributed by atoms with E-state index < -0.39 is 0 Å². The fourth-order valence-electron chi connectivity index (χ4n) is 2.51. The van der Waals surface area contributed by atoms with E-state index in [-0.39, 0.29) is 11.9 Å². The molecule has 1 atom stereocenters. The summed E-state index contributed by atoms with van der Waals surface area (Å²) in [6.45, 7) is 3.74. The van der Waals surface area contributed by atoms with Crippen LogP contribution in [-0.4, -0.2) is 21.9 Å². The molecule has 0 saturated carbocycles. The molecule has 2 aromatic heterocycles. The van der Waals surface area contributed by atoms with Crippen molar-refractivity contribution in [2.24, 2.45) is 0 Å². The molecule has 3 nitrogen and oxygen atoms in total. The summed E-state index contributed by atoms with van der Waals surface area (Å²) in [7, 11) is 0. The number of fused-ring (bicyclic) bond motifs is 1. The molecule has 0 bridgehead atoms. The molecule has 1 amide bonds. The second-order valence-corrected chi connectivity index (χ2v) is 5.50.